The fraction of sp³-hybridized carbons (Fsp3) is 0.875. The monoisotopic (exact) mass is 193 g/mol. The van der Waals surface area contributed by atoms with Crippen LogP contribution in [0.3, 0.4) is 0 Å². The zero-order valence-corrected chi connectivity index (χ0v) is 8.56. The molecular formula is C8H16ClNO2. The van der Waals surface area contributed by atoms with E-state index in [9.17, 15) is 4.79 Å². The van der Waals surface area contributed by atoms with Crippen molar-refractivity contribution in [2.24, 2.45) is 5.41 Å². The molecule has 0 rings (SSSR count). The third-order valence-corrected chi connectivity index (χ3v) is 2.36. The largest absolute Gasteiger partial charge is 0.395 e. The third kappa shape index (κ3) is 2.99. The molecule has 72 valence electrons. The van der Waals surface area contributed by atoms with Gasteiger partial charge in [0.15, 0.2) is 0 Å². The molecule has 0 unspecified atom stereocenters. The van der Waals surface area contributed by atoms with Crippen LogP contribution in [0, 0.1) is 5.41 Å². The summed E-state index contributed by atoms with van der Waals surface area (Å²) in [6.45, 7) is 3.92. The Labute approximate surface area is 78.3 Å². The maximum Gasteiger partial charge on any atom is 0.229 e. The summed E-state index contributed by atoms with van der Waals surface area (Å²) in [6, 6.07) is 0. The molecule has 0 heterocycles. The zero-order chi connectivity index (χ0) is 9.78. The van der Waals surface area contributed by atoms with E-state index < -0.39 is 5.41 Å². The lowest BCUT2D eigenvalue weighted by molar-refractivity contribution is -0.138. The number of alkyl halides is 1. The third-order valence-electron chi connectivity index (χ3n) is 1.70. The van der Waals surface area contributed by atoms with Gasteiger partial charge in [0.05, 0.1) is 12.0 Å². The van der Waals surface area contributed by atoms with Gasteiger partial charge in [0.2, 0.25) is 5.91 Å². The molecule has 0 atom stereocenters. The van der Waals surface area contributed by atoms with Crippen molar-refractivity contribution in [3.05, 3.63) is 0 Å². The Morgan fingerprint density at radius 2 is 2.08 bits per heavy atom. The van der Waals surface area contributed by atoms with Crippen LogP contribution in [0.25, 0.3) is 0 Å². The summed E-state index contributed by atoms with van der Waals surface area (Å²) in [5, 5.41) is 8.60. The number of rotatable bonds is 4. The van der Waals surface area contributed by atoms with Crippen molar-refractivity contribution >= 4 is 17.5 Å². The molecule has 0 aliphatic carbocycles. The quantitative estimate of drug-likeness (QED) is 0.668. The highest BCUT2D eigenvalue weighted by molar-refractivity contribution is 6.19. The molecule has 0 spiro atoms. The highest BCUT2D eigenvalue weighted by Crippen LogP contribution is 2.19. The summed E-state index contributed by atoms with van der Waals surface area (Å²) in [5.41, 5.74) is -0.536. The molecule has 0 fully saturated rings. The number of hydrogen-bond acceptors (Lipinski definition) is 2. The number of nitrogens with zero attached hydrogens (tertiary/aromatic N) is 1. The van der Waals surface area contributed by atoms with Gasteiger partial charge in [-0.25, -0.2) is 0 Å². The van der Waals surface area contributed by atoms with E-state index in [0.717, 1.165) is 0 Å². The predicted molar refractivity (Wildman–Crippen MR) is 49.2 cm³/mol. The Hall–Kier alpha value is -0.280. The number of carbonyl (C=O) groups is 1. The van der Waals surface area contributed by atoms with Crippen molar-refractivity contribution in [1.29, 1.82) is 0 Å². The van der Waals surface area contributed by atoms with Crippen LogP contribution in [0.1, 0.15) is 13.8 Å². The molecule has 12 heavy (non-hydrogen) atoms. The number of halogens is 1. The van der Waals surface area contributed by atoms with Gasteiger partial charge in [0, 0.05) is 19.5 Å². The van der Waals surface area contributed by atoms with Crippen LogP contribution in [-0.2, 0) is 4.79 Å². The van der Waals surface area contributed by atoms with Crippen LogP contribution in [-0.4, -0.2) is 42.0 Å². The van der Waals surface area contributed by atoms with E-state index in [1.807, 2.05) is 0 Å². The molecule has 0 radical (unpaired) electrons. The number of amides is 1. The van der Waals surface area contributed by atoms with Gasteiger partial charge in [-0.2, -0.15) is 0 Å². The molecule has 0 aromatic heterocycles. The van der Waals surface area contributed by atoms with Gasteiger partial charge < -0.3 is 10.0 Å². The lowest BCUT2D eigenvalue weighted by Gasteiger charge is -2.26. The van der Waals surface area contributed by atoms with E-state index in [-0.39, 0.29) is 12.5 Å². The second-order valence-electron chi connectivity index (χ2n) is 3.47. The number of hydrogen-bond donors (Lipinski definition) is 1. The van der Waals surface area contributed by atoms with Crippen molar-refractivity contribution in [2.75, 3.05) is 26.1 Å². The van der Waals surface area contributed by atoms with Gasteiger partial charge in [0.1, 0.15) is 0 Å². The van der Waals surface area contributed by atoms with Gasteiger partial charge in [-0.3, -0.25) is 4.79 Å². The lowest BCUT2D eigenvalue weighted by Crippen LogP contribution is -2.40. The molecule has 4 heteroatoms. The lowest BCUT2D eigenvalue weighted by atomic mass is 9.94. The molecular weight excluding hydrogens is 178 g/mol. The summed E-state index contributed by atoms with van der Waals surface area (Å²) < 4.78 is 0. The van der Waals surface area contributed by atoms with Gasteiger partial charge in [-0.15, -0.1) is 11.6 Å². The highest BCUT2D eigenvalue weighted by Gasteiger charge is 2.28. The summed E-state index contributed by atoms with van der Waals surface area (Å²) in [4.78, 5) is 13.0. The van der Waals surface area contributed by atoms with E-state index >= 15 is 0 Å². The van der Waals surface area contributed by atoms with Gasteiger partial charge in [-0.1, -0.05) is 0 Å². The second kappa shape index (κ2) is 4.67. The standard InChI is InChI=1S/C8H16ClNO2/c1-8(2,6-9)7(12)10(3)4-5-11/h11H,4-6H2,1-3H3. The van der Waals surface area contributed by atoms with Crippen LogP contribution in [0.15, 0.2) is 0 Å². The van der Waals surface area contributed by atoms with E-state index in [2.05, 4.69) is 0 Å². The SMILES string of the molecule is CN(CCO)C(=O)C(C)(C)CCl. The first-order chi connectivity index (χ1) is 5.45. The van der Waals surface area contributed by atoms with Crippen LogP contribution in [0.2, 0.25) is 0 Å². The number of aliphatic hydroxyl groups is 1. The zero-order valence-electron chi connectivity index (χ0n) is 7.80. The summed E-state index contributed by atoms with van der Waals surface area (Å²) >= 11 is 5.62. The van der Waals surface area contributed by atoms with E-state index in [4.69, 9.17) is 16.7 Å². The molecule has 1 amide bonds. The van der Waals surface area contributed by atoms with Crippen LogP contribution < -0.4 is 0 Å². The molecule has 0 aromatic carbocycles. The minimum atomic E-state index is -0.536. The first-order valence-corrected chi connectivity index (χ1v) is 4.41. The minimum Gasteiger partial charge on any atom is -0.395 e. The second-order valence-corrected chi connectivity index (χ2v) is 3.74. The van der Waals surface area contributed by atoms with E-state index in [0.29, 0.717) is 12.4 Å². The normalized spacial score (nSPS) is 11.4. The summed E-state index contributed by atoms with van der Waals surface area (Å²) in [6.07, 6.45) is 0. The smallest absolute Gasteiger partial charge is 0.229 e. The number of carbonyl (C=O) groups excluding carboxylic acids is 1. The molecule has 3 nitrogen and oxygen atoms in total. The molecule has 0 aliphatic heterocycles. The molecule has 0 bridgehead atoms. The maximum absolute atomic E-state index is 11.5. The minimum absolute atomic E-state index is 0.0133. The van der Waals surface area contributed by atoms with E-state index in [1.165, 1.54) is 4.90 Å². The van der Waals surface area contributed by atoms with Crippen LogP contribution >= 0.6 is 11.6 Å². The topological polar surface area (TPSA) is 40.5 Å². The fourth-order valence-electron chi connectivity index (χ4n) is 0.825. The first kappa shape index (κ1) is 11.7. The molecule has 0 saturated heterocycles. The van der Waals surface area contributed by atoms with Gasteiger partial charge >= 0.3 is 0 Å². The van der Waals surface area contributed by atoms with Crippen molar-refractivity contribution in [1.82, 2.24) is 4.90 Å². The molecule has 0 aromatic rings. The van der Waals surface area contributed by atoms with Crippen molar-refractivity contribution in [3.63, 3.8) is 0 Å². The Kier molecular flexibility index (Phi) is 4.57. The van der Waals surface area contributed by atoms with Gasteiger partial charge in [0.25, 0.3) is 0 Å². The summed E-state index contributed by atoms with van der Waals surface area (Å²) in [7, 11) is 1.66. The van der Waals surface area contributed by atoms with Crippen molar-refractivity contribution in [3.8, 4) is 0 Å². The van der Waals surface area contributed by atoms with Crippen LogP contribution in [0.4, 0.5) is 0 Å². The van der Waals surface area contributed by atoms with Crippen LogP contribution in [0.5, 0.6) is 0 Å². The Bertz CT molecular complexity index is 159. The van der Waals surface area contributed by atoms with Crippen molar-refractivity contribution < 1.29 is 9.90 Å². The molecule has 1 N–H and O–H groups in total. The Morgan fingerprint density at radius 1 is 1.58 bits per heavy atom. The molecule has 0 saturated carbocycles. The average Bonchev–Trinajstić information content (AvgIpc) is 2.03. The maximum atomic E-state index is 11.5. The van der Waals surface area contributed by atoms with E-state index in [1.54, 1.807) is 20.9 Å². The first-order valence-electron chi connectivity index (χ1n) is 3.88. The van der Waals surface area contributed by atoms with Crippen molar-refractivity contribution in [2.45, 2.75) is 13.8 Å². The van der Waals surface area contributed by atoms with Gasteiger partial charge in [-0.05, 0) is 13.8 Å². The highest BCUT2D eigenvalue weighted by atomic mass is 35.5. The fourth-order valence-corrected chi connectivity index (χ4v) is 0.940. The summed E-state index contributed by atoms with van der Waals surface area (Å²) in [5.74, 6) is 0.258. The predicted octanol–water partition coefficient (Wildman–Crippen LogP) is 0.702. The Balaban J connectivity index is 4.18. The number of likely N-dealkylation sites (N-methyl/N-ethyl adjacent to an activating group) is 1. The molecule has 0 aliphatic rings. The average molecular weight is 194 g/mol. The number of aliphatic hydroxyl groups excluding tert-OH is 1. The Morgan fingerprint density at radius 3 is 2.42 bits per heavy atom.